The molecule has 0 aliphatic rings. The van der Waals surface area contributed by atoms with Crippen LogP contribution in [0.4, 0.5) is 0 Å². The molecule has 2 heterocycles. The quantitative estimate of drug-likeness (QED) is 0.758. The van der Waals surface area contributed by atoms with E-state index in [0.717, 1.165) is 0 Å². The van der Waals surface area contributed by atoms with Crippen LogP contribution in [0.1, 0.15) is 26.5 Å². The molecule has 1 amide bonds. The lowest BCUT2D eigenvalue weighted by Gasteiger charge is -2.03. The molecule has 0 spiro atoms. The Morgan fingerprint density at radius 2 is 2.15 bits per heavy atom. The molecular weight excluding hydrogens is 264 g/mol. The fourth-order valence-electron chi connectivity index (χ4n) is 1.71. The molecule has 0 radical (unpaired) electrons. The van der Waals surface area contributed by atoms with Gasteiger partial charge in [-0.3, -0.25) is 9.48 Å². The number of hydrogen-bond acceptors (Lipinski definition) is 5. The molecule has 0 aromatic carbocycles. The zero-order valence-corrected chi connectivity index (χ0v) is 11.1. The normalized spacial score (nSPS) is 10.5. The van der Waals surface area contributed by atoms with Crippen LogP contribution in [0.15, 0.2) is 12.4 Å². The van der Waals surface area contributed by atoms with Crippen molar-refractivity contribution in [2.45, 2.75) is 13.5 Å². The maximum absolute atomic E-state index is 11.9. The standard InChI is InChI=1S/C11H14N6O3/c1-7-8(5-16(2)14-7)10(18)12-3-4-17-6-9(11(19)20)13-15-17/h5-6H,3-4H2,1-2H3,(H,12,18)(H,19,20). The summed E-state index contributed by atoms with van der Waals surface area (Å²) in [6.45, 7) is 2.41. The number of carboxylic acid groups (broad SMARTS) is 1. The van der Waals surface area contributed by atoms with Gasteiger partial charge in [0.25, 0.3) is 5.91 Å². The van der Waals surface area contributed by atoms with Crippen LogP contribution < -0.4 is 5.32 Å². The zero-order chi connectivity index (χ0) is 14.7. The van der Waals surface area contributed by atoms with Gasteiger partial charge in [0.1, 0.15) is 0 Å². The maximum atomic E-state index is 11.9. The summed E-state index contributed by atoms with van der Waals surface area (Å²) in [6.07, 6.45) is 2.95. The average molecular weight is 278 g/mol. The van der Waals surface area contributed by atoms with E-state index in [2.05, 4.69) is 20.7 Å². The number of carbonyl (C=O) groups is 2. The molecule has 2 aromatic heterocycles. The van der Waals surface area contributed by atoms with Crippen LogP contribution in [0.2, 0.25) is 0 Å². The first-order valence-electron chi connectivity index (χ1n) is 5.89. The molecule has 9 nitrogen and oxygen atoms in total. The van der Waals surface area contributed by atoms with Crippen molar-refractivity contribution >= 4 is 11.9 Å². The van der Waals surface area contributed by atoms with E-state index >= 15 is 0 Å². The van der Waals surface area contributed by atoms with Crippen LogP contribution in [-0.4, -0.2) is 48.3 Å². The average Bonchev–Trinajstić information content (AvgIpc) is 2.96. The van der Waals surface area contributed by atoms with Crippen LogP contribution in [0.5, 0.6) is 0 Å². The number of carboxylic acids is 1. The third-order valence-corrected chi connectivity index (χ3v) is 2.64. The molecule has 2 N–H and O–H groups in total. The number of nitrogens with zero attached hydrogens (tertiary/aromatic N) is 5. The highest BCUT2D eigenvalue weighted by molar-refractivity contribution is 5.94. The Balaban J connectivity index is 1.87. The van der Waals surface area contributed by atoms with Gasteiger partial charge in [0.15, 0.2) is 5.69 Å². The Bertz CT molecular complexity index is 644. The van der Waals surface area contributed by atoms with E-state index in [4.69, 9.17) is 5.11 Å². The van der Waals surface area contributed by atoms with Gasteiger partial charge in [0, 0.05) is 19.8 Å². The van der Waals surface area contributed by atoms with Crippen LogP contribution >= 0.6 is 0 Å². The molecule has 9 heteroatoms. The Morgan fingerprint density at radius 1 is 1.40 bits per heavy atom. The minimum atomic E-state index is -1.13. The molecule has 0 fully saturated rings. The summed E-state index contributed by atoms with van der Waals surface area (Å²) in [6, 6.07) is 0. The lowest BCUT2D eigenvalue weighted by molar-refractivity contribution is 0.0690. The van der Waals surface area contributed by atoms with E-state index in [0.29, 0.717) is 24.3 Å². The monoisotopic (exact) mass is 278 g/mol. The van der Waals surface area contributed by atoms with Gasteiger partial charge in [-0.05, 0) is 6.92 Å². The molecule has 0 aliphatic heterocycles. The molecule has 0 saturated carbocycles. The van der Waals surface area contributed by atoms with Gasteiger partial charge in [0.05, 0.1) is 24.0 Å². The summed E-state index contributed by atoms with van der Waals surface area (Å²) >= 11 is 0. The third-order valence-electron chi connectivity index (χ3n) is 2.64. The summed E-state index contributed by atoms with van der Waals surface area (Å²) in [5.41, 5.74) is 1.04. The second kappa shape index (κ2) is 5.51. The number of hydrogen-bond donors (Lipinski definition) is 2. The van der Waals surface area contributed by atoms with Gasteiger partial charge in [-0.25, -0.2) is 9.48 Å². The van der Waals surface area contributed by atoms with Crippen LogP contribution in [0, 0.1) is 6.92 Å². The van der Waals surface area contributed by atoms with E-state index < -0.39 is 5.97 Å². The maximum Gasteiger partial charge on any atom is 0.358 e. The predicted octanol–water partition coefficient (Wildman–Crippen LogP) is -0.552. The number of amides is 1. The van der Waals surface area contributed by atoms with Gasteiger partial charge in [-0.1, -0.05) is 5.21 Å². The lowest BCUT2D eigenvalue weighted by atomic mass is 10.2. The van der Waals surface area contributed by atoms with Gasteiger partial charge >= 0.3 is 5.97 Å². The van der Waals surface area contributed by atoms with Gasteiger partial charge in [-0.15, -0.1) is 5.10 Å². The lowest BCUT2D eigenvalue weighted by Crippen LogP contribution is -2.27. The number of aromatic nitrogens is 5. The van der Waals surface area contributed by atoms with Crippen molar-refractivity contribution in [2.75, 3.05) is 6.54 Å². The molecule has 2 rings (SSSR count). The highest BCUT2D eigenvalue weighted by Crippen LogP contribution is 2.03. The molecule has 2 aromatic rings. The zero-order valence-electron chi connectivity index (χ0n) is 11.1. The summed E-state index contributed by atoms with van der Waals surface area (Å²) < 4.78 is 2.93. The minimum absolute atomic E-state index is 0.126. The van der Waals surface area contributed by atoms with E-state index in [1.807, 2.05) is 0 Å². The second-order valence-corrected chi connectivity index (χ2v) is 4.23. The Kier molecular flexibility index (Phi) is 3.78. The fraction of sp³-hybridized carbons (Fsp3) is 0.364. The first kappa shape index (κ1) is 13.7. The summed E-state index contributed by atoms with van der Waals surface area (Å²) in [4.78, 5) is 22.5. The minimum Gasteiger partial charge on any atom is -0.476 e. The molecule has 0 unspecified atom stereocenters. The smallest absolute Gasteiger partial charge is 0.358 e. The molecule has 0 saturated heterocycles. The van der Waals surface area contributed by atoms with E-state index in [-0.39, 0.29) is 11.6 Å². The Morgan fingerprint density at radius 3 is 2.70 bits per heavy atom. The van der Waals surface area contributed by atoms with Crippen LogP contribution in [0.25, 0.3) is 0 Å². The van der Waals surface area contributed by atoms with Crippen molar-refractivity contribution in [3.63, 3.8) is 0 Å². The van der Waals surface area contributed by atoms with Gasteiger partial charge < -0.3 is 10.4 Å². The first-order chi connectivity index (χ1) is 9.47. The summed E-state index contributed by atoms with van der Waals surface area (Å²) in [5.74, 6) is -1.36. The van der Waals surface area contributed by atoms with E-state index in [1.54, 1.807) is 24.9 Å². The largest absolute Gasteiger partial charge is 0.476 e. The number of nitrogens with one attached hydrogen (secondary N) is 1. The van der Waals surface area contributed by atoms with Crippen LogP contribution in [-0.2, 0) is 13.6 Å². The number of rotatable bonds is 5. The SMILES string of the molecule is Cc1nn(C)cc1C(=O)NCCn1cc(C(=O)O)nn1. The van der Waals surface area contributed by atoms with Crippen molar-refractivity contribution < 1.29 is 14.7 Å². The third kappa shape index (κ3) is 2.99. The molecule has 0 atom stereocenters. The second-order valence-electron chi connectivity index (χ2n) is 4.23. The van der Waals surface area contributed by atoms with E-state index in [9.17, 15) is 9.59 Å². The number of aryl methyl sites for hydroxylation is 2. The summed E-state index contributed by atoms with van der Waals surface area (Å²) in [5, 5.41) is 22.6. The van der Waals surface area contributed by atoms with E-state index in [1.165, 1.54) is 10.9 Å². The molecule has 106 valence electrons. The molecule has 0 aliphatic carbocycles. The topological polar surface area (TPSA) is 115 Å². The first-order valence-corrected chi connectivity index (χ1v) is 5.89. The summed E-state index contributed by atoms with van der Waals surface area (Å²) in [7, 11) is 1.74. The molecule has 20 heavy (non-hydrogen) atoms. The van der Waals surface area contributed by atoms with Crippen molar-refractivity contribution in [1.82, 2.24) is 30.1 Å². The highest BCUT2D eigenvalue weighted by Gasteiger charge is 2.12. The number of aromatic carboxylic acids is 1. The van der Waals surface area contributed by atoms with Crippen molar-refractivity contribution in [3.05, 3.63) is 29.3 Å². The molecule has 0 bridgehead atoms. The number of carbonyl (C=O) groups excluding carboxylic acids is 1. The highest BCUT2D eigenvalue weighted by atomic mass is 16.4. The molecular formula is C11H14N6O3. The van der Waals surface area contributed by atoms with Crippen molar-refractivity contribution in [1.29, 1.82) is 0 Å². The predicted molar refractivity (Wildman–Crippen MR) is 67.3 cm³/mol. The van der Waals surface area contributed by atoms with Gasteiger partial charge in [0.2, 0.25) is 0 Å². The Labute approximate surface area is 114 Å². The van der Waals surface area contributed by atoms with Crippen LogP contribution in [0.3, 0.4) is 0 Å². The Hall–Kier alpha value is -2.71. The fourth-order valence-corrected chi connectivity index (χ4v) is 1.71. The van der Waals surface area contributed by atoms with Crippen molar-refractivity contribution in [2.24, 2.45) is 7.05 Å². The van der Waals surface area contributed by atoms with Gasteiger partial charge in [-0.2, -0.15) is 5.10 Å². The van der Waals surface area contributed by atoms with Crippen molar-refractivity contribution in [3.8, 4) is 0 Å².